The van der Waals surface area contributed by atoms with Gasteiger partial charge in [-0.05, 0) is 20.5 Å². The molecule has 22 heavy (non-hydrogen) atoms. The van der Waals surface area contributed by atoms with E-state index < -0.39 is 20.8 Å². The van der Waals surface area contributed by atoms with Gasteiger partial charge in [-0.15, -0.1) is 12.1 Å². The van der Waals surface area contributed by atoms with Gasteiger partial charge in [0.05, 0.1) is 0 Å². The van der Waals surface area contributed by atoms with Crippen LogP contribution >= 0.6 is 17.0 Å². The second-order valence-electron chi connectivity index (χ2n) is 4.91. The van der Waals surface area contributed by atoms with E-state index in [1.807, 2.05) is 25.1 Å². The van der Waals surface area contributed by atoms with Crippen LogP contribution in [-0.4, -0.2) is 30.6 Å². The van der Waals surface area contributed by atoms with Crippen LogP contribution in [0.4, 0.5) is 0 Å². The van der Waals surface area contributed by atoms with Crippen molar-refractivity contribution in [2.45, 2.75) is 6.42 Å². The molecule has 2 aromatic rings. The number of fused-ring (bicyclic) bond motifs is 3. The van der Waals surface area contributed by atoms with Gasteiger partial charge in [-0.2, -0.15) is 29.8 Å². The Bertz CT molecular complexity index is 520. The molecule has 0 heterocycles. The van der Waals surface area contributed by atoms with Crippen molar-refractivity contribution in [3.63, 3.8) is 0 Å². The molecule has 2 aromatic carbocycles. The number of hydrogen-bond acceptors (Lipinski definition) is 2. The monoisotopic (exact) mass is 413 g/mol. The molecule has 2 nitrogen and oxygen atoms in total. The minimum absolute atomic E-state index is 0.639. The molecule has 1 aliphatic carbocycles. The van der Waals surface area contributed by atoms with E-state index in [9.17, 15) is 0 Å². The fraction of sp³-hybridized carbons (Fsp3) is 0.235. The molecule has 5 heteroatoms. The SMILES string of the molecule is CN(C)C[CH-]O.[Cl][Zr+2][Cl].[c-]1cccc2c1Cc1ccccc1-2. The fourth-order valence-corrected chi connectivity index (χ4v) is 2.16. The Kier molecular flexibility index (Phi) is 10.3. The maximum Gasteiger partial charge on any atom is -0.0253 e. The summed E-state index contributed by atoms with van der Waals surface area (Å²) in [7, 11) is 13.7. The molecular weight excluding hydrogens is 396 g/mol. The molecule has 0 amide bonds. The molecule has 0 bridgehead atoms. The van der Waals surface area contributed by atoms with Gasteiger partial charge in [-0.1, -0.05) is 35.4 Å². The van der Waals surface area contributed by atoms with Gasteiger partial charge >= 0.3 is 37.9 Å². The van der Waals surface area contributed by atoms with Crippen molar-refractivity contribution < 1.29 is 26.0 Å². The number of halogens is 2. The summed E-state index contributed by atoms with van der Waals surface area (Å²) in [5.74, 6) is 0. The van der Waals surface area contributed by atoms with E-state index in [0.717, 1.165) is 13.0 Å². The zero-order valence-electron chi connectivity index (χ0n) is 12.7. The first-order chi connectivity index (χ1) is 10.6. The quantitative estimate of drug-likeness (QED) is 0.623. The van der Waals surface area contributed by atoms with Gasteiger partial charge < -0.3 is 10.0 Å². The number of aliphatic hydroxyl groups is 1. The average molecular weight is 415 g/mol. The third-order valence-corrected chi connectivity index (χ3v) is 3.06. The zero-order valence-corrected chi connectivity index (χ0v) is 16.7. The van der Waals surface area contributed by atoms with Gasteiger partial charge in [0, 0.05) is 0 Å². The number of nitrogens with zero attached hydrogens (tertiary/aromatic N) is 1. The molecule has 1 N–H and O–H groups in total. The summed E-state index contributed by atoms with van der Waals surface area (Å²) in [6.07, 6.45) is 1.05. The molecule has 116 valence electrons. The van der Waals surface area contributed by atoms with Crippen molar-refractivity contribution >= 4 is 17.0 Å². The van der Waals surface area contributed by atoms with Crippen LogP contribution in [0.2, 0.25) is 0 Å². The predicted molar refractivity (Wildman–Crippen MR) is 90.0 cm³/mol. The maximum absolute atomic E-state index is 8.07. The van der Waals surface area contributed by atoms with Crippen LogP contribution < -0.4 is 0 Å². The second-order valence-corrected chi connectivity index (χ2v) is 8.64. The maximum atomic E-state index is 8.07. The van der Waals surface area contributed by atoms with E-state index in [4.69, 9.17) is 22.1 Å². The summed E-state index contributed by atoms with van der Waals surface area (Å²) in [5, 5.41) is 8.07. The first-order valence-corrected chi connectivity index (χ1v) is 13.1. The number of rotatable bonds is 2. The summed E-state index contributed by atoms with van der Waals surface area (Å²) in [6.45, 7) is 1.76. The van der Waals surface area contributed by atoms with Crippen LogP contribution in [0.5, 0.6) is 0 Å². The van der Waals surface area contributed by atoms with Crippen molar-refractivity contribution in [3.05, 3.63) is 66.3 Å². The van der Waals surface area contributed by atoms with Crippen LogP contribution in [0.15, 0.2) is 42.5 Å². The number of likely N-dealkylation sites (N-methyl/N-ethyl adjacent to an activating group) is 1. The third-order valence-electron chi connectivity index (χ3n) is 3.06. The van der Waals surface area contributed by atoms with Gasteiger partial charge in [-0.25, -0.2) is 6.61 Å². The number of benzene rings is 2. The standard InChI is InChI=1S/C13H9.C4H10NO.2ClH.Zr/c1-3-7-12-10(5-1)9-11-6-2-4-8-13(11)12;1-5(2)3-4-6;;;/h1-5,7-8H,9H2;4,6H,3H2,1-2H3;2*1H;/q2*-1;;;+4/p-2. The van der Waals surface area contributed by atoms with E-state index in [1.165, 1.54) is 22.3 Å². The van der Waals surface area contributed by atoms with E-state index in [1.54, 1.807) is 0 Å². The Hall–Kier alpha value is -0.177. The average Bonchev–Trinajstić information content (AvgIpc) is 2.87. The van der Waals surface area contributed by atoms with Gasteiger partial charge in [0.15, 0.2) is 0 Å². The largest absolute Gasteiger partial charge is 0.179 e. The Labute approximate surface area is 151 Å². The van der Waals surface area contributed by atoms with Crippen LogP contribution in [0.25, 0.3) is 11.1 Å². The van der Waals surface area contributed by atoms with E-state index >= 15 is 0 Å². The fourth-order valence-electron chi connectivity index (χ4n) is 2.16. The molecule has 0 unspecified atom stereocenters. The molecule has 3 rings (SSSR count). The van der Waals surface area contributed by atoms with Crippen LogP contribution in [0, 0.1) is 12.7 Å². The van der Waals surface area contributed by atoms with Crippen molar-refractivity contribution in [1.29, 1.82) is 0 Å². The number of hydrogen-bond donors (Lipinski definition) is 1. The predicted octanol–water partition coefficient (Wildman–Crippen LogP) is 4.52. The second kappa shape index (κ2) is 11.4. The van der Waals surface area contributed by atoms with Crippen molar-refractivity contribution in [1.82, 2.24) is 4.90 Å². The molecule has 0 spiro atoms. The minimum Gasteiger partial charge on any atom is -0.179 e. The Morgan fingerprint density at radius 3 is 2.41 bits per heavy atom. The van der Waals surface area contributed by atoms with Gasteiger partial charge in [-0.3, -0.25) is 0 Å². The van der Waals surface area contributed by atoms with Gasteiger partial charge in [0.25, 0.3) is 0 Å². The first-order valence-electron chi connectivity index (χ1n) is 6.78. The summed E-state index contributed by atoms with van der Waals surface area (Å²) in [5.41, 5.74) is 5.51. The molecule has 0 atom stereocenters. The van der Waals surface area contributed by atoms with Gasteiger partial charge in [0.1, 0.15) is 0 Å². The molecule has 0 aromatic heterocycles. The minimum atomic E-state index is -0.826. The normalized spacial score (nSPS) is 10.5. The van der Waals surface area contributed by atoms with Crippen molar-refractivity contribution in [3.8, 4) is 11.1 Å². The smallest absolute Gasteiger partial charge is 0.0253 e. The van der Waals surface area contributed by atoms with E-state index in [-0.39, 0.29) is 0 Å². The van der Waals surface area contributed by atoms with Crippen LogP contribution in [0.1, 0.15) is 11.1 Å². The Morgan fingerprint density at radius 2 is 1.82 bits per heavy atom. The topological polar surface area (TPSA) is 23.5 Å². The van der Waals surface area contributed by atoms with E-state index in [2.05, 4.69) is 42.5 Å². The molecule has 0 aliphatic heterocycles. The van der Waals surface area contributed by atoms with Crippen molar-refractivity contribution in [2.75, 3.05) is 20.6 Å². The van der Waals surface area contributed by atoms with Crippen LogP contribution in [-0.2, 0) is 27.3 Å². The number of aliphatic hydroxyl groups excluding tert-OH is 1. The molecular formula is C17H19Cl2NOZr. The summed E-state index contributed by atoms with van der Waals surface area (Å²) < 4.78 is 0. The van der Waals surface area contributed by atoms with Gasteiger partial charge in [0.2, 0.25) is 0 Å². The summed E-state index contributed by atoms with van der Waals surface area (Å²) in [6, 6.07) is 18.1. The molecule has 0 fully saturated rings. The van der Waals surface area contributed by atoms with Crippen LogP contribution in [0.3, 0.4) is 0 Å². The zero-order chi connectivity index (χ0) is 16.4. The van der Waals surface area contributed by atoms with Crippen molar-refractivity contribution in [2.24, 2.45) is 0 Å². The summed E-state index contributed by atoms with van der Waals surface area (Å²) >= 11 is -0.826. The molecule has 1 aliphatic rings. The molecule has 0 saturated carbocycles. The van der Waals surface area contributed by atoms with E-state index in [0.29, 0.717) is 6.54 Å². The summed E-state index contributed by atoms with van der Waals surface area (Å²) in [4.78, 5) is 1.88. The Balaban J connectivity index is 0.000000229. The first kappa shape index (κ1) is 19.9. The Morgan fingerprint density at radius 1 is 1.18 bits per heavy atom. The third kappa shape index (κ3) is 6.52. The molecule has 0 radical (unpaired) electrons. The molecule has 0 saturated heterocycles.